The zero-order valence-corrected chi connectivity index (χ0v) is 15.6. The Morgan fingerprint density at radius 3 is 2.39 bits per heavy atom. The van der Waals surface area contributed by atoms with Gasteiger partial charge in [0.25, 0.3) is 5.69 Å². The minimum absolute atomic E-state index is 0.00777. The third-order valence-electron chi connectivity index (χ3n) is 4.60. The van der Waals surface area contributed by atoms with Crippen LogP contribution in [0.5, 0.6) is 0 Å². The van der Waals surface area contributed by atoms with Crippen molar-refractivity contribution in [2.75, 3.05) is 18.4 Å². The van der Waals surface area contributed by atoms with Gasteiger partial charge in [-0.2, -0.15) is 4.31 Å². The van der Waals surface area contributed by atoms with E-state index in [1.165, 1.54) is 34.6 Å². The number of carbonyl (C=O) groups excluding carboxylic acids is 1. The Morgan fingerprint density at radius 1 is 1.14 bits per heavy atom. The largest absolute Gasteiger partial charge is 0.326 e. The van der Waals surface area contributed by atoms with Crippen molar-refractivity contribution in [2.24, 2.45) is 5.92 Å². The lowest BCUT2D eigenvalue weighted by molar-refractivity contribution is -0.384. The van der Waals surface area contributed by atoms with E-state index in [9.17, 15) is 27.7 Å². The molecule has 2 aromatic carbocycles. The van der Waals surface area contributed by atoms with Gasteiger partial charge < -0.3 is 5.32 Å². The summed E-state index contributed by atoms with van der Waals surface area (Å²) >= 11 is 0. The number of benzene rings is 2. The zero-order chi connectivity index (χ0) is 20.3. The summed E-state index contributed by atoms with van der Waals surface area (Å²) in [7, 11) is -3.74. The smallest absolute Gasteiger partial charge is 0.271 e. The molecule has 1 heterocycles. The Bertz CT molecular complexity index is 987. The summed E-state index contributed by atoms with van der Waals surface area (Å²) in [6.45, 7) is 0.319. The van der Waals surface area contributed by atoms with Gasteiger partial charge in [-0.1, -0.05) is 6.07 Å². The number of halogens is 1. The van der Waals surface area contributed by atoms with Crippen molar-refractivity contribution < 1.29 is 22.5 Å². The van der Waals surface area contributed by atoms with Gasteiger partial charge in [0.2, 0.25) is 15.9 Å². The first-order chi connectivity index (χ1) is 13.3. The van der Waals surface area contributed by atoms with Crippen molar-refractivity contribution in [3.05, 3.63) is 64.5 Å². The van der Waals surface area contributed by atoms with Gasteiger partial charge in [-0.3, -0.25) is 14.9 Å². The minimum Gasteiger partial charge on any atom is -0.326 e. The summed E-state index contributed by atoms with van der Waals surface area (Å²) in [4.78, 5) is 22.7. The fourth-order valence-corrected chi connectivity index (χ4v) is 4.53. The van der Waals surface area contributed by atoms with Crippen molar-refractivity contribution in [3.63, 3.8) is 0 Å². The molecule has 1 N–H and O–H groups in total. The number of piperidine rings is 1. The summed E-state index contributed by atoms with van der Waals surface area (Å²) in [5.41, 5.74) is 0.193. The summed E-state index contributed by atoms with van der Waals surface area (Å²) in [6, 6.07) is 10.2. The third kappa shape index (κ3) is 4.34. The molecule has 1 aliphatic heterocycles. The number of nitro groups is 1. The second kappa shape index (κ2) is 8.03. The second-order valence-corrected chi connectivity index (χ2v) is 8.37. The molecule has 1 fully saturated rings. The fourth-order valence-electron chi connectivity index (χ4n) is 3.06. The quantitative estimate of drug-likeness (QED) is 0.605. The third-order valence-corrected chi connectivity index (χ3v) is 6.51. The predicted molar refractivity (Wildman–Crippen MR) is 99.6 cm³/mol. The zero-order valence-electron chi connectivity index (χ0n) is 14.7. The monoisotopic (exact) mass is 407 g/mol. The van der Waals surface area contributed by atoms with Crippen LogP contribution in [-0.4, -0.2) is 36.6 Å². The number of hydrogen-bond acceptors (Lipinski definition) is 5. The molecule has 28 heavy (non-hydrogen) atoms. The van der Waals surface area contributed by atoms with Crippen molar-refractivity contribution in [1.29, 1.82) is 0 Å². The number of non-ortho nitro benzene ring substituents is 1. The van der Waals surface area contributed by atoms with Gasteiger partial charge in [-0.05, 0) is 43.2 Å². The maximum Gasteiger partial charge on any atom is 0.271 e. The number of nitrogens with one attached hydrogen (secondary N) is 1. The SMILES string of the molecule is O=C(Nc1cccc([N+](=O)[O-])c1)C1CCN(S(=O)(=O)c2ccc(F)cc2)CC1. The lowest BCUT2D eigenvalue weighted by Crippen LogP contribution is -2.41. The van der Waals surface area contributed by atoms with Crippen LogP contribution in [0.2, 0.25) is 0 Å². The van der Waals surface area contributed by atoms with Crippen LogP contribution in [0.25, 0.3) is 0 Å². The molecule has 0 bridgehead atoms. The predicted octanol–water partition coefficient (Wildman–Crippen LogP) is 2.77. The first kappa shape index (κ1) is 19.9. The number of hydrogen-bond donors (Lipinski definition) is 1. The maximum atomic E-state index is 13.0. The van der Waals surface area contributed by atoms with Crippen LogP contribution in [0.4, 0.5) is 15.8 Å². The van der Waals surface area contributed by atoms with Crippen LogP contribution in [0, 0.1) is 21.8 Å². The molecule has 1 saturated heterocycles. The van der Waals surface area contributed by atoms with Gasteiger partial charge in [-0.15, -0.1) is 0 Å². The molecule has 0 radical (unpaired) electrons. The van der Waals surface area contributed by atoms with Gasteiger partial charge in [0.15, 0.2) is 0 Å². The fraction of sp³-hybridized carbons (Fsp3) is 0.278. The Hall–Kier alpha value is -2.85. The van der Waals surface area contributed by atoms with Gasteiger partial charge in [-0.25, -0.2) is 12.8 Å². The molecule has 148 valence electrons. The van der Waals surface area contributed by atoms with Gasteiger partial charge in [0.1, 0.15) is 5.82 Å². The van der Waals surface area contributed by atoms with Crippen LogP contribution in [0.15, 0.2) is 53.4 Å². The number of nitrogens with zero attached hydrogens (tertiary/aromatic N) is 2. The van der Waals surface area contributed by atoms with Crippen LogP contribution in [0.3, 0.4) is 0 Å². The standard InChI is InChI=1S/C18H18FN3O5S/c19-14-4-6-17(7-5-14)28(26,27)21-10-8-13(9-11-21)18(23)20-15-2-1-3-16(12-15)22(24)25/h1-7,12-13H,8-11H2,(H,20,23). The molecular weight excluding hydrogens is 389 g/mol. The van der Waals surface area contributed by atoms with E-state index < -0.39 is 26.7 Å². The van der Waals surface area contributed by atoms with Gasteiger partial charge in [0, 0.05) is 36.8 Å². The molecule has 8 nitrogen and oxygen atoms in total. The highest BCUT2D eigenvalue weighted by Crippen LogP contribution is 2.25. The van der Waals surface area contributed by atoms with E-state index in [-0.39, 0.29) is 29.6 Å². The molecule has 0 aromatic heterocycles. The Morgan fingerprint density at radius 2 is 1.79 bits per heavy atom. The molecule has 0 aliphatic carbocycles. The number of sulfonamides is 1. The second-order valence-electron chi connectivity index (χ2n) is 6.43. The molecule has 2 aromatic rings. The van der Waals surface area contributed by atoms with Crippen molar-refractivity contribution in [2.45, 2.75) is 17.7 Å². The molecule has 3 rings (SSSR count). The lowest BCUT2D eigenvalue weighted by Gasteiger charge is -2.30. The van der Waals surface area contributed by atoms with E-state index in [1.807, 2.05) is 0 Å². The molecule has 10 heteroatoms. The van der Waals surface area contributed by atoms with Crippen LogP contribution < -0.4 is 5.32 Å². The lowest BCUT2D eigenvalue weighted by atomic mass is 9.97. The number of carbonyl (C=O) groups is 1. The van der Waals surface area contributed by atoms with Crippen LogP contribution >= 0.6 is 0 Å². The highest BCUT2D eigenvalue weighted by atomic mass is 32.2. The van der Waals surface area contributed by atoms with Gasteiger partial charge >= 0.3 is 0 Å². The normalized spacial score (nSPS) is 15.9. The molecule has 1 aliphatic rings. The summed E-state index contributed by atoms with van der Waals surface area (Å²) in [6.07, 6.45) is 0.641. The van der Waals surface area contributed by atoms with E-state index in [0.29, 0.717) is 18.5 Å². The van der Waals surface area contributed by atoms with Crippen molar-refractivity contribution >= 4 is 27.3 Å². The van der Waals surface area contributed by atoms with E-state index in [0.717, 1.165) is 12.1 Å². The summed E-state index contributed by atoms with van der Waals surface area (Å²) < 4.78 is 39.5. The number of nitro benzene ring substituents is 1. The van der Waals surface area contributed by atoms with E-state index >= 15 is 0 Å². The molecular formula is C18H18FN3O5S. The van der Waals surface area contributed by atoms with E-state index in [4.69, 9.17) is 0 Å². The van der Waals surface area contributed by atoms with E-state index in [1.54, 1.807) is 6.07 Å². The molecule has 0 unspecified atom stereocenters. The molecule has 0 atom stereocenters. The maximum absolute atomic E-state index is 13.0. The van der Waals surface area contributed by atoms with Crippen LogP contribution in [-0.2, 0) is 14.8 Å². The summed E-state index contributed by atoms with van der Waals surface area (Å²) in [5, 5.41) is 13.5. The molecule has 1 amide bonds. The highest BCUT2D eigenvalue weighted by molar-refractivity contribution is 7.89. The van der Waals surface area contributed by atoms with Crippen molar-refractivity contribution in [3.8, 4) is 0 Å². The van der Waals surface area contributed by atoms with Crippen LogP contribution in [0.1, 0.15) is 12.8 Å². The van der Waals surface area contributed by atoms with E-state index in [2.05, 4.69) is 5.32 Å². The minimum atomic E-state index is -3.74. The highest BCUT2D eigenvalue weighted by Gasteiger charge is 2.32. The Kier molecular flexibility index (Phi) is 5.71. The summed E-state index contributed by atoms with van der Waals surface area (Å²) in [5.74, 6) is -1.23. The number of rotatable bonds is 5. The molecule has 0 spiro atoms. The average Bonchev–Trinajstić information content (AvgIpc) is 2.68. The van der Waals surface area contributed by atoms with Crippen molar-refractivity contribution in [1.82, 2.24) is 4.31 Å². The first-order valence-electron chi connectivity index (χ1n) is 8.58. The molecule has 0 saturated carbocycles. The Labute approximate surface area is 161 Å². The van der Waals surface area contributed by atoms with Gasteiger partial charge in [0.05, 0.1) is 9.82 Å². The first-order valence-corrected chi connectivity index (χ1v) is 10.0. The Balaban J connectivity index is 1.62. The number of amides is 1. The average molecular weight is 407 g/mol. The topological polar surface area (TPSA) is 110 Å². The number of anilines is 1.